The molecular formula is C16H24N2O. The molecule has 0 spiro atoms. The zero-order valence-electron chi connectivity index (χ0n) is 12.0. The van der Waals surface area contributed by atoms with Crippen molar-refractivity contribution in [1.29, 1.82) is 0 Å². The van der Waals surface area contributed by atoms with Gasteiger partial charge in [0.15, 0.2) is 0 Å². The Labute approximate surface area is 116 Å². The van der Waals surface area contributed by atoms with Crippen molar-refractivity contribution in [3.63, 3.8) is 0 Å². The number of carbonyl (C=O) groups is 1. The highest BCUT2D eigenvalue weighted by molar-refractivity contribution is 5.78. The van der Waals surface area contributed by atoms with E-state index in [9.17, 15) is 4.79 Å². The third kappa shape index (κ3) is 3.80. The quantitative estimate of drug-likeness (QED) is 0.825. The number of hydrogen-bond donors (Lipinski definition) is 1. The van der Waals surface area contributed by atoms with Crippen molar-refractivity contribution in [2.45, 2.75) is 46.0 Å². The van der Waals surface area contributed by atoms with Crippen molar-refractivity contribution in [3.05, 3.63) is 34.9 Å². The monoisotopic (exact) mass is 260 g/mol. The fraction of sp³-hybridized carbons (Fsp3) is 0.562. The van der Waals surface area contributed by atoms with E-state index in [4.69, 9.17) is 0 Å². The molecular weight excluding hydrogens is 236 g/mol. The maximum Gasteiger partial charge on any atom is 0.238 e. The Kier molecular flexibility index (Phi) is 4.97. The molecule has 3 nitrogen and oxygen atoms in total. The minimum atomic E-state index is 0.0828. The van der Waals surface area contributed by atoms with Crippen LogP contribution in [-0.4, -0.2) is 24.0 Å². The van der Waals surface area contributed by atoms with Gasteiger partial charge in [-0.2, -0.15) is 0 Å². The summed E-state index contributed by atoms with van der Waals surface area (Å²) in [6.45, 7) is 5.77. The number of amides is 1. The molecule has 0 atom stereocenters. The summed E-state index contributed by atoms with van der Waals surface area (Å²) in [6, 6.07) is 6.52. The van der Waals surface area contributed by atoms with Crippen molar-refractivity contribution in [2.24, 2.45) is 0 Å². The highest BCUT2D eigenvalue weighted by Gasteiger charge is 2.11. The molecule has 1 aromatic carbocycles. The molecule has 0 bridgehead atoms. The second-order valence-electron chi connectivity index (χ2n) is 5.19. The van der Waals surface area contributed by atoms with Crippen molar-refractivity contribution in [2.75, 3.05) is 13.1 Å². The number of aryl methyl sites for hydroxylation is 2. The van der Waals surface area contributed by atoms with E-state index in [0.29, 0.717) is 6.42 Å². The SMILES string of the molecule is CCN(CC)NC(=O)Cc1ccc2c(c1)CCCC2. The van der Waals surface area contributed by atoms with Gasteiger partial charge in [-0.15, -0.1) is 0 Å². The number of fused-ring (bicyclic) bond motifs is 1. The summed E-state index contributed by atoms with van der Waals surface area (Å²) in [5.74, 6) is 0.0828. The normalized spacial score (nSPS) is 14.3. The average molecular weight is 260 g/mol. The molecule has 0 aromatic heterocycles. The first kappa shape index (κ1) is 14.1. The van der Waals surface area contributed by atoms with Gasteiger partial charge < -0.3 is 0 Å². The molecule has 1 amide bonds. The summed E-state index contributed by atoms with van der Waals surface area (Å²) < 4.78 is 0. The molecule has 0 heterocycles. The molecule has 1 aliphatic rings. The minimum absolute atomic E-state index is 0.0828. The number of nitrogens with zero attached hydrogens (tertiary/aromatic N) is 1. The molecule has 19 heavy (non-hydrogen) atoms. The fourth-order valence-corrected chi connectivity index (χ4v) is 2.68. The van der Waals surface area contributed by atoms with Crippen LogP contribution in [0.15, 0.2) is 18.2 Å². The largest absolute Gasteiger partial charge is 0.289 e. The van der Waals surface area contributed by atoms with Crippen molar-refractivity contribution in [1.82, 2.24) is 10.4 Å². The van der Waals surface area contributed by atoms with Crippen LogP contribution in [0.5, 0.6) is 0 Å². The zero-order valence-corrected chi connectivity index (χ0v) is 12.0. The third-order valence-electron chi connectivity index (χ3n) is 3.82. The van der Waals surface area contributed by atoms with E-state index in [1.807, 2.05) is 18.9 Å². The first-order chi connectivity index (χ1) is 9.22. The smallest absolute Gasteiger partial charge is 0.238 e. The molecule has 1 aromatic rings. The standard InChI is InChI=1S/C16H24N2O/c1-3-18(4-2)17-16(19)12-13-9-10-14-7-5-6-8-15(14)11-13/h9-11H,3-8,12H2,1-2H3,(H,17,19). The van der Waals surface area contributed by atoms with Crippen LogP contribution in [0.1, 0.15) is 43.4 Å². The van der Waals surface area contributed by atoms with Gasteiger partial charge in [-0.1, -0.05) is 32.0 Å². The minimum Gasteiger partial charge on any atom is -0.289 e. The summed E-state index contributed by atoms with van der Waals surface area (Å²) in [4.78, 5) is 12.0. The van der Waals surface area contributed by atoms with Gasteiger partial charge in [0.25, 0.3) is 0 Å². The van der Waals surface area contributed by atoms with Crippen molar-refractivity contribution >= 4 is 5.91 Å². The number of hydrazine groups is 1. The Balaban J connectivity index is 1.97. The molecule has 0 radical (unpaired) electrons. The van der Waals surface area contributed by atoms with Gasteiger partial charge >= 0.3 is 0 Å². The molecule has 1 aliphatic carbocycles. The lowest BCUT2D eigenvalue weighted by molar-refractivity contribution is -0.125. The van der Waals surface area contributed by atoms with Gasteiger partial charge in [0.05, 0.1) is 6.42 Å². The van der Waals surface area contributed by atoms with Gasteiger partial charge in [0.1, 0.15) is 0 Å². The molecule has 104 valence electrons. The average Bonchev–Trinajstić information content (AvgIpc) is 2.44. The van der Waals surface area contributed by atoms with Crippen LogP contribution < -0.4 is 5.43 Å². The van der Waals surface area contributed by atoms with Gasteiger partial charge in [0, 0.05) is 13.1 Å². The Morgan fingerprint density at radius 3 is 2.53 bits per heavy atom. The Hall–Kier alpha value is -1.35. The number of nitrogens with one attached hydrogen (secondary N) is 1. The molecule has 0 saturated heterocycles. The predicted octanol–water partition coefficient (Wildman–Crippen LogP) is 2.48. The number of benzene rings is 1. The van der Waals surface area contributed by atoms with Crippen LogP contribution in [0.2, 0.25) is 0 Å². The molecule has 0 saturated carbocycles. The molecule has 3 heteroatoms. The predicted molar refractivity (Wildman–Crippen MR) is 77.9 cm³/mol. The number of rotatable bonds is 5. The summed E-state index contributed by atoms with van der Waals surface area (Å²) in [6.07, 6.45) is 5.42. The first-order valence-corrected chi connectivity index (χ1v) is 7.38. The van der Waals surface area contributed by atoms with Crippen molar-refractivity contribution in [3.8, 4) is 0 Å². The van der Waals surface area contributed by atoms with Crippen molar-refractivity contribution < 1.29 is 4.79 Å². The van der Waals surface area contributed by atoms with Gasteiger partial charge in [-0.3, -0.25) is 10.2 Å². The van der Waals surface area contributed by atoms with Gasteiger partial charge in [-0.25, -0.2) is 5.01 Å². The zero-order chi connectivity index (χ0) is 13.7. The van der Waals surface area contributed by atoms with Crippen LogP contribution in [-0.2, 0) is 24.1 Å². The molecule has 1 N–H and O–H groups in total. The third-order valence-corrected chi connectivity index (χ3v) is 3.82. The Bertz CT molecular complexity index is 438. The van der Waals surface area contributed by atoms with Gasteiger partial charge in [-0.05, 0) is 42.4 Å². The van der Waals surface area contributed by atoms with E-state index >= 15 is 0 Å². The van der Waals surface area contributed by atoms with Crippen LogP contribution in [0.4, 0.5) is 0 Å². The highest BCUT2D eigenvalue weighted by Crippen LogP contribution is 2.22. The molecule has 0 fully saturated rings. The summed E-state index contributed by atoms with van der Waals surface area (Å²) in [7, 11) is 0. The Morgan fingerprint density at radius 2 is 1.84 bits per heavy atom. The second-order valence-corrected chi connectivity index (χ2v) is 5.19. The topological polar surface area (TPSA) is 32.3 Å². The lowest BCUT2D eigenvalue weighted by Gasteiger charge is -2.20. The first-order valence-electron chi connectivity index (χ1n) is 7.38. The lowest BCUT2D eigenvalue weighted by Crippen LogP contribution is -2.42. The summed E-state index contributed by atoms with van der Waals surface area (Å²) in [5, 5.41) is 1.93. The lowest BCUT2D eigenvalue weighted by atomic mass is 9.90. The van der Waals surface area contributed by atoms with Crippen LogP contribution in [0.25, 0.3) is 0 Å². The van der Waals surface area contributed by atoms with Crippen LogP contribution in [0, 0.1) is 0 Å². The van der Waals surface area contributed by atoms with Crippen LogP contribution >= 0.6 is 0 Å². The Morgan fingerprint density at radius 1 is 1.16 bits per heavy atom. The summed E-state index contributed by atoms with van der Waals surface area (Å²) >= 11 is 0. The fourth-order valence-electron chi connectivity index (χ4n) is 2.68. The van der Waals surface area contributed by atoms with E-state index in [0.717, 1.165) is 18.7 Å². The summed E-state index contributed by atoms with van der Waals surface area (Å²) in [5.41, 5.74) is 6.98. The molecule has 2 rings (SSSR count). The van der Waals surface area contributed by atoms with Crippen LogP contribution in [0.3, 0.4) is 0 Å². The molecule has 0 unspecified atom stereocenters. The van der Waals surface area contributed by atoms with E-state index in [1.165, 1.54) is 36.8 Å². The van der Waals surface area contributed by atoms with E-state index < -0.39 is 0 Å². The maximum absolute atomic E-state index is 12.0. The number of carbonyl (C=O) groups excluding carboxylic acids is 1. The maximum atomic E-state index is 12.0. The van der Waals surface area contributed by atoms with E-state index in [2.05, 4.69) is 23.6 Å². The van der Waals surface area contributed by atoms with Gasteiger partial charge in [0.2, 0.25) is 5.91 Å². The van der Waals surface area contributed by atoms with E-state index in [1.54, 1.807) is 0 Å². The highest BCUT2D eigenvalue weighted by atomic mass is 16.2. The number of hydrogen-bond acceptors (Lipinski definition) is 2. The van der Waals surface area contributed by atoms with E-state index in [-0.39, 0.29) is 5.91 Å². The molecule has 0 aliphatic heterocycles. The second kappa shape index (κ2) is 6.71.